The lowest BCUT2D eigenvalue weighted by atomic mass is 10.2. The second kappa shape index (κ2) is 6.24. The van der Waals surface area contributed by atoms with E-state index in [2.05, 4.69) is 25.5 Å². The number of carbonyl (C=O) groups is 1. The molecule has 3 aromatic heterocycles. The molecular formula is C15H13F3N6O2. The minimum atomic E-state index is -4.55. The first kappa shape index (κ1) is 17.6. The van der Waals surface area contributed by atoms with E-state index < -0.39 is 17.8 Å². The molecule has 3 heterocycles. The molecule has 3 aromatic rings. The van der Waals surface area contributed by atoms with Crippen molar-refractivity contribution in [3.05, 3.63) is 41.2 Å². The van der Waals surface area contributed by atoms with Gasteiger partial charge in [-0.05, 0) is 19.9 Å². The summed E-state index contributed by atoms with van der Waals surface area (Å²) in [4.78, 5) is 20.3. The third-order valence-corrected chi connectivity index (χ3v) is 3.59. The molecule has 8 nitrogen and oxygen atoms in total. The molecule has 0 saturated carbocycles. The highest BCUT2D eigenvalue weighted by Crippen LogP contribution is 2.30. The lowest BCUT2D eigenvalue weighted by molar-refractivity contribution is -0.141. The molecule has 0 fully saturated rings. The van der Waals surface area contributed by atoms with E-state index >= 15 is 0 Å². The van der Waals surface area contributed by atoms with Crippen LogP contribution in [-0.2, 0) is 13.2 Å². The van der Waals surface area contributed by atoms with Gasteiger partial charge in [0.15, 0.2) is 11.5 Å². The topological polar surface area (TPSA) is 98.7 Å². The summed E-state index contributed by atoms with van der Waals surface area (Å²) >= 11 is 0. The lowest BCUT2D eigenvalue weighted by Crippen LogP contribution is -2.14. The Morgan fingerprint density at radius 1 is 1.23 bits per heavy atom. The fourth-order valence-corrected chi connectivity index (χ4v) is 2.36. The first-order valence-corrected chi connectivity index (χ1v) is 7.34. The van der Waals surface area contributed by atoms with E-state index in [0.717, 1.165) is 10.7 Å². The van der Waals surface area contributed by atoms with Crippen LogP contribution in [-0.4, -0.2) is 30.8 Å². The summed E-state index contributed by atoms with van der Waals surface area (Å²) in [5.41, 5.74) is 0.0309. The molecule has 11 heteroatoms. The zero-order valence-corrected chi connectivity index (χ0v) is 13.9. The molecule has 3 rings (SSSR count). The third kappa shape index (κ3) is 3.27. The van der Waals surface area contributed by atoms with Gasteiger partial charge in [0.25, 0.3) is 5.91 Å². The van der Waals surface area contributed by atoms with E-state index in [0.29, 0.717) is 11.5 Å². The fourth-order valence-electron chi connectivity index (χ4n) is 2.36. The number of carbonyl (C=O) groups excluding carboxylic acids is 1. The zero-order chi connectivity index (χ0) is 19.1. The largest absolute Gasteiger partial charge is 0.435 e. The van der Waals surface area contributed by atoms with E-state index in [-0.39, 0.29) is 22.8 Å². The number of amides is 1. The molecule has 0 aromatic carbocycles. The number of nitrogens with one attached hydrogen (secondary N) is 1. The molecule has 0 aliphatic heterocycles. The van der Waals surface area contributed by atoms with Crippen LogP contribution in [0.15, 0.2) is 23.0 Å². The summed E-state index contributed by atoms with van der Waals surface area (Å²) in [5.74, 6) is 0.0271. The fraction of sp³-hybridized carbons (Fsp3) is 0.267. The Bertz CT molecular complexity index is 939. The van der Waals surface area contributed by atoms with Gasteiger partial charge in [-0.15, -0.1) is 0 Å². The molecule has 0 saturated heterocycles. The van der Waals surface area contributed by atoms with E-state index in [4.69, 9.17) is 4.52 Å². The maximum atomic E-state index is 12.7. The van der Waals surface area contributed by atoms with E-state index in [1.807, 2.05) is 0 Å². The van der Waals surface area contributed by atoms with Crippen molar-refractivity contribution in [3.63, 3.8) is 0 Å². The van der Waals surface area contributed by atoms with Crippen molar-refractivity contribution in [2.24, 2.45) is 7.05 Å². The predicted molar refractivity (Wildman–Crippen MR) is 83.2 cm³/mol. The van der Waals surface area contributed by atoms with Crippen LogP contribution in [0.4, 0.5) is 19.0 Å². The normalized spacial score (nSPS) is 11.6. The molecule has 0 aliphatic rings. The van der Waals surface area contributed by atoms with Crippen LogP contribution in [0.1, 0.15) is 27.5 Å². The van der Waals surface area contributed by atoms with Crippen molar-refractivity contribution in [2.45, 2.75) is 20.0 Å². The van der Waals surface area contributed by atoms with Crippen molar-refractivity contribution in [3.8, 4) is 11.4 Å². The molecule has 0 aliphatic carbocycles. The number of aromatic nitrogens is 5. The van der Waals surface area contributed by atoms with Gasteiger partial charge in [-0.2, -0.15) is 18.3 Å². The quantitative estimate of drug-likeness (QED) is 0.765. The summed E-state index contributed by atoms with van der Waals surface area (Å²) < 4.78 is 44.2. The average Bonchev–Trinajstić information content (AvgIpc) is 3.11. The molecule has 0 atom stereocenters. The van der Waals surface area contributed by atoms with Crippen molar-refractivity contribution in [2.75, 3.05) is 5.32 Å². The SMILES string of the molecule is Cc1noc(C)c1C(=O)Nc1cnc(-c2cc(C(F)(F)F)nn2C)cn1. The van der Waals surface area contributed by atoms with Gasteiger partial charge in [-0.25, -0.2) is 9.97 Å². The number of aryl methyl sites for hydroxylation is 3. The number of halogens is 3. The van der Waals surface area contributed by atoms with Crippen LogP contribution in [0.2, 0.25) is 0 Å². The van der Waals surface area contributed by atoms with Crippen molar-refractivity contribution < 1.29 is 22.5 Å². The van der Waals surface area contributed by atoms with Gasteiger partial charge in [0.1, 0.15) is 17.0 Å². The first-order chi connectivity index (χ1) is 12.2. The summed E-state index contributed by atoms with van der Waals surface area (Å²) in [6, 6.07) is 0.881. The maximum absolute atomic E-state index is 12.7. The van der Waals surface area contributed by atoms with Crippen molar-refractivity contribution in [1.82, 2.24) is 24.9 Å². The number of alkyl halides is 3. The molecule has 1 amide bonds. The van der Waals surface area contributed by atoms with E-state index in [9.17, 15) is 18.0 Å². The van der Waals surface area contributed by atoms with Crippen LogP contribution < -0.4 is 5.32 Å². The van der Waals surface area contributed by atoms with Gasteiger partial charge < -0.3 is 9.84 Å². The van der Waals surface area contributed by atoms with Gasteiger partial charge >= 0.3 is 6.18 Å². The minimum Gasteiger partial charge on any atom is -0.361 e. The van der Waals surface area contributed by atoms with Gasteiger partial charge in [-0.3, -0.25) is 9.48 Å². The highest BCUT2D eigenvalue weighted by Gasteiger charge is 2.34. The average molecular weight is 366 g/mol. The van der Waals surface area contributed by atoms with E-state index in [1.54, 1.807) is 13.8 Å². The van der Waals surface area contributed by atoms with Gasteiger partial charge in [0.2, 0.25) is 0 Å². The molecule has 0 unspecified atom stereocenters. The first-order valence-electron chi connectivity index (χ1n) is 7.34. The minimum absolute atomic E-state index is 0.136. The second-order valence-corrected chi connectivity index (χ2v) is 5.48. The van der Waals surface area contributed by atoms with E-state index in [1.165, 1.54) is 19.4 Å². The van der Waals surface area contributed by atoms with Crippen molar-refractivity contribution >= 4 is 11.7 Å². The monoisotopic (exact) mass is 366 g/mol. The van der Waals surface area contributed by atoms with Gasteiger partial charge in [-0.1, -0.05) is 5.16 Å². The van der Waals surface area contributed by atoms with Crippen LogP contribution in [0.5, 0.6) is 0 Å². The highest BCUT2D eigenvalue weighted by atomic mass is 19.4. The highest BCUT2D eigenvalue weighted by molar-refractivity contribution is 6.05. The number of rotatable bonds is 3. The third-order valence-electron chi connectivity index (χ3n) is 3.59. The Balaban J connectivity index is 1.81. The summed E-state index contributed by atoms with van der Waals surface area (Å²) in [7, 11) is 1.37. The Morgan fingerprint density at radius 3 is 2.46 bits per heavy atom. The molecule has 0 bridgehead atoms. The number of anilines is 1. The molecular weight excluding hydrogens is 353 g/mol. The lowest BCUT2D eigenvalue weighted by Gasteiger charge is -2.05. The van der Waals surface area contributed by atoms with Crippen molar-refractivity contribution in [1.29, 1.82) is 0 Å². The smallest absolute Gasteiger partial charge is 0.361 e. The summed E-state index contributed by atoms with van der Waals surface area (Å²) in [6.45, 7) is 3.23. The Morgan fingerprint density at radius 2 is 1.96 bits per heavy atom. The molecule has 0 spiro atoms. The standard InChI is InChI=1S/C15H13F3N6O2/c1-7-13(8(2)26-23-7)14(25)21-12-6-19-9(5-20-12)10-4-11(15(16,17)18)22-24(10)3/h4-6H,1-3H3,(H,20,21,25). The summed E-state index contributed by atoms with van der Waals surface area (Å²) in [5, 5.41) is 9.64. The second-order valence-electron chi connectivity index (χ2n) is 5.48. The molecule has 26 heavy (non-hydrogen) atoms. The zero-order valence-electron chi connectivity index (χ0n) is 13.9. The Kier molecular flexibility index (Phi) is 4.22. The Hall–Kier alpha value is -3.24. The van der Waals surface area contributed by atoms with Crippen LogP contribution in [0.25, 0.3) is 11.4 Å². The van der Waals surface area contributed by atoms with Gasteiger partial charge in [0, 0.05) is 7.05 Å². The molecule has 1 N–H and O–H groups in total. The molecule has 0 radical (unpaired) electrons. The van der Waals surface area contributed by atoms with Crippen LogP contribution in [0, 0.1) is 13.8 Å². The number of hydrogen-bond donors (Lipinski definition) is 1. The van der Waals surface area contributed by atoms with Crippen LogP contribution in [0.3, 0.4) is 0 Å². The Labute approximate surface area is 145 Å². The molecule has 136 valence electrons. The van der Waals surface area contributed by atoms with Gasteiger partial charge in [0.05, 0.1) is 23.8 Å². The maximum Gasteiger partial charge on any atom is 0.435 e. The van der Waals surface area contributed by atoms with Crippen LogP contribution >= 0.6 is 0 Å². The summed E-state index contributed by atoms with van der Waals surface area (Å²) in [6.07, 6.45) is -2.06. The predicted octanol–water partition coefficient (Wildman–Crippen LogP) is 2.75. The number of hydrogen-bond acceptors (Lipinski definition) is 6. The number of nitrogens with zero attached hydrogens (tertiary/aromatic N) is 5.